The molecule has 1 unspecified atom stereocenters. The van der Waals surface area contributed by atoms with Gasteiger partial charge < -0.3 is 9.88 Å². The first-order valence-corrected chi connectivity index (χ1v) is 8.62. The fourth-order valence-corrected chi connectivity index (χ4v) is 3.46. The highest BCUT2D eigenvalue weighted by molar-refractivity contribution is 5.94. The number of likely N-dealkylation sites (tertiary alicyclic amines) is 1. The number of fused-ring (bicyclic) bond motifs is 1. The summed E-state index contributed by atoms with van der Waals surface area (Å²) in [5, 5.41) is 0. The molecule has 1 saturated heterocycles. The highest BCUT2D eigenvalue weighted by atomic mass is 19.1. The predicted molar refractivity (Wildman–Crippen MR) is 95.1 cm³/mol. The summed E-state index contributed by atoms with van der Waals surface area (Å²) >= 11 is 0. The summed E-state index contributed by atoms with van der Waals surface area (Å²) in [6, 6.07) is 12.6. The van der Waals surface area contributed by atoms with E-state index in [0.717, 1.165) is 29.7 Å². The molecule has 1 amide bonds. The van der Waals surface area contributed by atoms with Crippen molar-refractivity contribution in [2.75, 3.05) is 13.1 Å². The van der Waals surface area contributed by atoms with E-state index in [9.17, 15) is 9.18 Å². The number of imidazole rings is 1. The number of benzene rings is 2. The van der Waals surface area contributed by atoms with Gasteiger partial charge in [-0.15, -0.1) is 0 Å². The third-order valence-electron chi connectivity index (χ3n) is 4.92. The van der Waals surface area contributed by atoms with Gasteiger partial charge in [0.25, 0.3) is 5.91 Å². The van der Waals surface area contributed by atoms with Crippen molar-refractivity contribution in [1.29, 1.82) is 0 Å². The molecule has 0 aliphatic carbocycles. The molecule has 0 spiro atoms. The Labute approximate surface area is 145 Å². The smallest absolute Gasteiger partial charge is 0.253 e. The van der Waals surface area contributed by atoms with Gasteiger partial charge in [-0.3, -0.25) is 4.79 Å². The minimum absolute atomic E-state index is 0.111. The van der Waals surface area contributed by atoms with Gasteiger partial charge in [0.1, 0.15) is 11.6 Å². The molecule has 1 aliphatic heterocycles. The molecule has 3 aromatic rings. The fraction of sp³-hybridized carbons (Fsp3) is 0.300. The second-order valence-electron chi connectivity index (χ2n) is 6.69. The number of rotatable bonds is 2. The van der Waals surface area contributed by atoms with Crippen LogP contribution in [0.25, 0.3) is 11.0 Å². The summed E-state index contributed by atoms with van der Waals surface area (Å²) in [6.07, 6.45) is 1.91. The van der Waals surface area contributed by atoms with Gasteiger partial charge in [-0.05, 0) is 49.6 Å². The number of H-pyrrole nitrogens is 1. The Balaban J connectivity index is 1.55. The highest BCUT2D eigenvalue weighted by Crippen LogP contribution is 2.27. The standard InChI is InChI=1S/C20H20FN3O/c1-13-8-9-14(11-16(13)21)20(25)24-10-4-5-15(12-24)19-22-17-6-2-3-7-18(17)23-19/h2-3,6-9,11,15H,4-5,10,12H2,1H3,(H,22,23). The van der Waals surface area contributed by atoms with E-state index in [1.165, 1.54) is 6.07 Å². The number of hydrogen-bond donors (Lipinski definition) is 1. The molecule has 5 heteroatoms. The van der Waals surface area contributed by atoms with E-state index in [0.29, 0.717) is 24.2 Å². The van der Waals surface area contributed by atoms with Gasteiger partial charge in [-0.2, -0.15) is 0 Å². The predicted octanol–water partition coefficient (Wildman–Crippen LogP) is 4.03. The van der Waals surface area contributed by atoms with E-state index in [4.69, 9.17) is 0 Å². The van der Waals surface area contributed by atoms with Gasteiger partial charge >= 0.3 is 0 Å². The van der Waals surface area contributed by atoms with E-state index in [-0.39, 0.29) is 17.6 Å². The second kappa shape index (κ2) is 6.31. The molecular weight excluding hydrogens is 317 g/mol. The quantitative estimate of drug-likeness (QED) is 0.767. The van der Waals surface area contributed by atoms with Gasteiger partial charge in [0.2, 0.25) is 0 Å². The number of hydrogen-bond acceptors (Lipinski definition) is 2. The van der Waals surface area contributed by atoms with Crippen LogP contribution in [-0.2, 0) is 0 Å². The Bertz CT molecular complexity index is 901. The normalized spacial score (nSPS) is 17.8. The second-order valence-corrected chi connectivity index (χ2v) is 6.69. The molecule has 2 heterocycles. The fourth-order valence-electron chi connectivity index (χ4n) is 3.46. The number of piperidine rings is 1. The Morgan fingerprint density at radius 3 is 2.92 bits per heavy atom. The number of aromatic amines is 1. The third kappa shape index (κ3) is 3.02. The summed E-state index contributed by atoms with van der Waals surface area (Å²) in [5.41, 5.74) is 2.92. The van der Waals surface area contributed by atoms with Crippen LogP contribution in [0.4, 0.5) is 4.39 Å². The molecule has 0 bridgehead atoms. The average molecular weight is 337 g/mol. The first-order valence-electron chi connectivity index (χ1n) is 8.62. The SMILES string of the molecule is Cc1ccc(C(=O)N2CCCC(c3nc4ccccc4[nH]3)C2)cc1F. The molecular formula is C20H20FN3O. The van der Waals surface area contributed by atoms with Crippen molar-refractivity contribution in [3.63, 3.8) is 0 Å². The zero-order valence-electron chi connectivity index (χ0n) is 14.1. The number of para-hydroxylation sites is 2. The Morgan fingerprint density at radius 2 is 2.12 bits per heavy atom. The minimum atomic E-state index is -0.336. The van der Waals surface area contributed by atoms with E-state index < -0.39 is 0 Å². The van der Waals surface area contributed by atoms with E-state index >= 15 is 0 Å². The number of nitrogens with one attached hydrogen (secondary N) is 1. The van der Waals surface area contributed by atoms with Crippen LogP contribution >= 0.6 is 0 Å². The first-order chi connectivity index (χ1) is 12.1. The van der Waals surface area contributed by atoms with Crippen LogP contribution < -0.4 is 0 Å². The van der Waals surface area contributed by atoms with Crippen molar-refractivity contribution < 1.29 is 9.18 Å². The zero-order valence-corrected chi connectivity index (χ0v) is 14.1. The van der Waals surface area contributed by atoms with Gasteiger partial charge in [-0.1, -0.05) is 18.2 Å². The van der Waals surface area contributed by atoms with Crippen LogP contribution in [0.2, 0.25) is 0 Å². The Kier molecular flexibility index (Phi) is 3.99. The lowest BCUT2D eigenvalue weighted by Crippen LogP contribution is -2.39. The molecule has 128 valence electrons. The van der Waals surface area contributed by atoms with Gasteiger partial charge in [0, 0.05) is 24.6 Å². The van der Waals surface area contributed by atoms with Crippen molar-refractivity contribution in [1.82, 2.24) is 14.9 Å². The summed E-state index contributed by atoms with van der Waals surface area (Å²) in [6.45, 7) is 3.00. The van der Waals surface area contributed by atoms with Crippen molar-refractivity contribution >= 4 is 16.9 Å². The van der Waals surface area contributed by atoms with Crippen LogP contribution in [0.5, 0.6) is 0 Å². The number of carbonyl (C=O) groups excluding carboxylic acids is 1. The van der Waals surface area contributed by atoms with Crippen molar-refractivity contribution in [3.05, 3.63) is 65.2 Å². The zero-order chi connectivity index (χ0) is 17.4. The maximum absolute atomic E-state index is 13.8. The lowest BCUT2D eigenvalue weighted by molar-refractivity contribution is 0.0704. The molecule has 4 nitrogen and oxygen atoms in total. The summed E-state index contributed by atoms with van der Waals surface area (Å²) < 4.78 is 13.8. The van der Waals surface area contributed by atoms with Gasteiger partial charge in [0.15, 0.2) is 0 Å². The monoisotopic (exact) mass is 337 g/mol. The maximum atomic E-state index is 13.8. The van der Waals surface area contributed by atoms with Crippen molar-refractivity contribution in [3.8, 4) is 0 Å². The van der Waals surface area contributed by atoms with E-state index in [1.807, 2.05) is 29.2 Å². The lowest BCUT2D eigenvalue weighted by Gasteiger charge is -2.32. The number of aryl methyl sites for hydroxylation is 1. The highest BCUT2D eigenvalue weighted by Gasteiger charge is 2.27. The first kappa shape index (κ1) is 15.8. The molecule has 2 aromatic carbocycles. The molecule has 4 rings (SSSR count). The van der Waals surface area contributed by atoms with Crippen LogP contribution in [-0.4, -0.2) is 33.9 Å². The van der Waals surface area contributed by atoms with E-state index in [1.54, 1.807) is 19.1 Å². The Hall–Kier alpha value is -2.69. The molecule has 1 atom stereocenters. The number of aromatic nitrogens is 2. The van der Waals surface area contributed by atoms with Crippen molar-refractivity contribution in [2.24, 2.45) is 0 Å². The Morgan fingerprint density at radius 1 is 1.28 bits per heavy atom. The molecule has 0 saturated carbocycles. The van der Waals surface area contributed by atoms with E-state index in [2.05, 4.69) is 9.97 Å². The number of halogens is 1. The topological polar surface area (TPSA) is 49.0 Å². The van der Waals surface area contributed by atoms with Crippen LogP contribution in [0.15, 0.2) is 42.5 Å². The number of nitrogens with zero attached hydrogens (tertiary/aromatic N) is 2. The molecule has 1 aromatic heterocycles. The minimum Gasteiger partial charge on any atom is -0.342 e. The lowest BCUT2D eigenvalue weighted by atomic mass is 9.96. The molecule has 1 fully saturated rings. The molecule has 0 radical (unpaired) electrons. The van der Waals surface area contributed by atoms with Crippen LogP contribution in [0, 0.1) is 12.7 Å². The van der Waals surface area contributed by atoms with Crippen LogP contribution in [0.1, 0.15) is 40.5 Å². The largest absolute Gasteiger partial charge is 0.342 e. The van der Waals surface area contributed by atoms with Crippen LogP contribution in [0.3, 0.4) is 0 Å². The molecule has 1 N–H and O–H groups in total. The molecule has 1 aliphatic rings. The average Bonchev–Trinajstić information content (AvgIpc) is 3.08. The van der Waals surface area contributed by atoms with Crippen molar-refractivity contribution in [2.45, 2.75) is 25.7 Å². The third-order valence-corrected chi connectivity index (χ3v) is 4.92. The number of carbonyl (C=O) groups is 1. The van der Waals surface area contributed by atoms with Gasteiger partial charge in [0.05, 0.1) is 11.0 Å². The summed E-state index contributed by atoms with van der Waals surface area (Å²) in [7, 11) is 0. The molecule has 25 heavy (non-hydrogen) atoms. The number of amides is 1. The maximum Gasteiger partial charge on any atom is 0.253 e. The van der Waals surface area contributed by atoms with Gasteiger partial charge in [-0.25, -0.2) is 9.37 Å². The summed E-state index contributed by atoms with van der Waals surface area (Å²) in [4.78, 5) is 22.6. The summed E-state index contributed by atoms with van der Waals surface area (Å²) in [5.74, 6) is 0.658.